The zero-order valence-electron chi connectivity index (χ0n) is 27.8. The van der Waals surface area contributed by atoms with Gasteiger partial charge in [0.2, 0.25) is 0 Å². The van der Waals surface area contributed by atoms with Crippen molar-refractivity contribution in [2.45, 2.75) is 64.2 Å². The average Bonchev–Trinajstić information content (AvgIpc) is 3.50. The van der Waals surface area contributed by atoms with Crippen LogP contribution in [0.1, 0.15) is 59.4 Å². The van der Waals surface area contributed by atoms with Gasteiger partial charge < -0.3 is 9.74 Å². The Morgan fingerprint density at radius 1 is 1.02 bits per heavy atom. The fourth-order valence-electron chi connectivity index (χ4n) is 5.88. The topological polar surface area (TPSA) is 188 Å². The molecule has 2 amide bonds. The number of allylic oxidation sites excluding steroid dienone is 8. The molecule has 1 aromatic carbocycles. The molecule has 2 N–H and O–H groups in total. The van der Waals surface area contributed by atoms with Crippen molar-refractivity contribution in [3.05, 3.63) is 95.4 Å². The molecular weight excluding hydrogens is 675 g/mol. The summed E-state index contributed by atoms with van der Waals surface area (Å²) >= 11 is 0. The number of carbonyl (C=O) groups excluding carboxylic acids is 3. The Bertz CT molecular complexity index is 2000. The average molecular weight is 714 g/mol. The van der Waals surface area contributed by atoms with Crippen molar-refractivity contribution in [3.63, 3.8) is 0 Å². The molecule has 0 bridgehead atoms. The Balaban J connectivity index is 1.55. The molecule has 15 heteroatoms. The summed E-state index contributed by atoms with van der Waals surface area (Å²) in [4.78, 5) is 47.9. The standard InChI is InChI=1S/C34H39N3O10S2/c1-7-23(32(40)47-37-30(38)16-17-31(37)39)20-25-22(2)35-28(33(25,3)4)12-9-8-10-13-29-34(5,6)26-21-24(49(44,45)46)14-15-27(26)36(29)18-11-19-48(41,42)43/h7-10,12-15,20-21H,2,11,16-19H2,1,3-6H3,(H,41,42,43)(H,44,45,46)/b10-8+,12-9+,23-7+,25-20+,29-13+. The van der Waals surface area contributed by atoms with Crippen LogP contribution in [0.5, 0.6) is 0 Å². The number of imide groups is 1. The van der Waals surface area contributed by atoms with E-state index in [0.29, 0.717) is 33.3 Å². The number of rotatable bonds is 11. The lowest BCUT2D eigenvalue weighted by Gasteiger charge is -2.27. The van der Waals surface area contributed by atoms with Gasteiger partial charge in [0.25, 0.3) is 32.1 Å². The van der Waals surface area contributed by atoms with E-state index in [1.165, 1.54) is 18.2 Å². The molecular formula is C34H39N3O10S2. The number of hydrogen-bond donors (Lipinski definition) is 2. The molecule has 1 saturated heterocycles. The lowest BCUT2D eigenvalue weighted by Crippen LogP contribution is -2.32. The van der Waals surface area contributed by atoms with E-state index in [2.05, 4.69) is 11.6 Å². The maximum atomic E-state index is 12.8. The smallest absolute Gasteiger partial charge is 0.344 e. The van der Waals surface area contributed by atoms with Gasteiger partial charge in [0.05, 0.1) is 27.6 Å². The normalized spacial score (nSPS) is 21.2. The number of nitrogens with zero attached hydrogens (tertiary/aromatic N) is 3. The number of amides is 2. The molecule has 1 fully saturated rings. The maximum Gasteiger partial charge on any atom is 0.363 e. The lowest BCUT2D eigenvalue weighted by molar-refractivity contribution is -0.194. The summed E-state index contributed by atoms with van der Waals surface area (Å²) in [5, 5.41) is 0.492. The quantitative estimate of drug-likeness (QED) is 0.139. The van der Waals surface area contributed by atoms with Crippen LogP contribution in [0.25, 0.3) is 0 Å². The summed E-state index contributed by atoms with van der Waals surface area (Å²) in [7, 11) is -8.66. The fraction of sp³-hybridized carbons (Fsp3) is 0.353. The second kappa shape index (κ2) is 13.8. The largest absolute Gasteiger partial charge is 0.363 e. The summed E-state index contributed by atoms with van der Waals surface area (Å²) in [5.41, 5.74) is 2.40. The molecule has 3 aliphatic rings. The van der Waals surface area contributed by atoms with E-state index in [9.17, 15) is 40.3 Å². The molecule has 3 heterocycles. The number of fused-ring (bicyclic) bond motifs is 1. The maximum absolute atomic E-state index is 12.8. The van der Waals surface area contributed by atoms with Crippen molar-refractivity contribution in [2.75, 3.05) is 17.2 Å². The molecule has 3 aliphatic heterocycles. The molecule has 49 heavy (non-hydrogen) atoms. The zero-order chi connectivity index (χ0) is 36.5. The van der Waals surface area contributed by atoms with Crippen LogP contribution in [0.4, 0.5) is 5.69 Å². The Morgan fingerprint density at radius 2 is 1.67 bits per heavy atom. The van der Waals surface area contributed by atoms with Crippen LogP contribution in [0, 0.1) is 5.41 Å². The van der Waals surface area contributed by atoms with Gasteiger partial charge in [0.1, 0.15) is 0 Å². The highest BCUT2D eigenvalue weighted by Crippen LogP contribution is 2.48. The third kappa shape index (κ3) is 8.07. The molecule has 262 valence electrons. The Kier molecular flexibility index (Phi) is 10.5. The van der Waals surface area contributed by atoms with Crippen molar-refractivity contribution in [3.8, 4) is 0 Å². The van der Waals surface area contributed by atoms with Gasteiger partial charge in [-0.2, -0.15) is 16.8 Å². The van der Waals surface area contributed by atoms with Gasteiger partial charge >= 0.3 is 5.97 Å². The summed E-state index contributed by atoms with van der Waals surface area (Å²) in [6.45, 7) is 13.4. The van der Waals surface area contributed by atoms with Crippen molar-refractivity contribution in [1.82, 2.24) is 5.06 Å². The van der Waals surface area contributed by atoms with Crippen molar-refractivity contribution in [2.24, 2.45) is 10.4 Å². The van der Waals surface area contributed by atoms with Gasteiger partial charge in [0, 0.05) is 41.6 Å². The molecule has 0 spiro atoms. The predicted molar refractivity (Wildman–Crippen MR) is 183 cm³/mol. The van der Waals surface area contributed by atoms with Gasteiger partial charge in [-0.05, 0) is 60.9 Å². The fourth-order valence-corrected chi connectivity index (χ4v) is 6.88. The van der Waals surface area contributed by atoms with Crippen LogP contribution < -0.4 is 4.90 Å². The second-order valence-corrected chi connectivity index (χ2v) is 15.7. The van der Waals surface area contributed by atoms with Crippen LogP contribution in [-0.4, -0.2) is 66.8 Å². The summed E-state index contributed by atoms with van der Waals surface area (Å²) < 4.78 is 65.4. The van der Waals surface area contributed by atoms with E-state index in [0.717, 1.165) is 5.70 Å². The third-order valence-electron chi connectivity index (χ3n) is 8.58. The number of anilines is 1. The molecule has 1 aromatic rings. The summed E-state index contributed by atoms with van der Waals surface area (Å²) in [6.07, 6.45) is 12.0. The Labute approximate surface area is 286 Å². The molecule has 0 unspecified atom stereocenters. The second-order valence-electron chi connectivity index (χ2n) is 12.7. The minimum absolute atomic E-state index is 0.0179. The number of hydrogen-bond acceptors (Lipinski definition) is 10. The first-order valence-corrected chi connectivity index (χ1v) is 18.4. The van der Waals surface area contributed by atoms with Crippen LogP contribution in [-0.2, 0) is 44.9 Å². The first-order chi connectivity index (χ1) is 22.7. The molecule has 0 saturated carbocycles. The van der Waals surface area contributed by atoms with Crippen molar-refractivity contribution >= 4 is 49.4 Å². The van der Waals surface area contributed by atoms with Crippen LogP contribution in [0.15, 0.2) is 99.7 Å². The molecule has 4 rings (SSSR count). The van der Waals surface area contributed by atoms with Crippen LogP contribution >= 0.6 is 0 Å². The Hall–Kier alpha value is -4.44. The summed E-state index contributed by atoms with van der Waals surface area (Å²) in [5.74, 6) is -2.48. The van der Waals surface area contributed by atoms with Gasteiger partial charge in [-0.3, -0.25) is 23.7 Å². The van der Waals surface area contributed by atoms with Gasteiger partial charge in [-0.25, -0.2) is 4.79 Å². The Morgan fingerprint density at radius 3 is 2.27 bits per heavy atom. The highest BCUT2D eigenvalue weighted by molar-refractivity contribution is 7.86. The molecule has 0 atom stereocenters. The lowest BCUT2D eigenvalue weighted by atomic mass is 9.80. The molecule has 0 aliphatic carbocycles. The van der Waals surface area contributed by atoms with Crippen molar-refractivity contribution < 1.29 is 45.2 Å². The highest BCUT2D eigenvalue weighted by Gasteiger charge is 2.41. The highest BCUT2D eigenvalue weighted by atomic mass is 32.2. The van der Waals surface area contributed by atoms with E-state index in [-0.39, 0.29) is 36.3 Å². The monoisotopic (exact) mass is 713 g/mol. The van der Waals surface area contributed by atoms with Crippen molar-refractivity contribution in [1.29, 1.82) is 0 Å². The van der Waals surface area contributed by atoms with Crippen LogP contribution in [0.2, 0.25) is 0 Å². The van der Waals surface area contributed by atoms with E-state index >= 15 is 0 Å². The van der Waals surface area contributed by atoms with Gasteiger partial charge in [-0.15, -0.1) is 5.06 Å². The zero-order valence-corrected chi connectivity index (χ0v) is 29.5. The third-order valence-corrected chi connectivity index (χ3v) is 10.2. The number of hydroxylamine groups is 2. The molecule has 13 nitrogen and oxygen atoms in total. The van der Waals surface area contributed by atoms with Gasteiger partial charge in [0.15, 0.2) is 0 Å². The number of benzene rings is 1. The number of carbonyl (C=O) groups is 3. The van der Waals surface area contributed by atoms with E-state index in [1.807, 2.05) is 38.7 Å². The molecule has 0 radical (unpaired) electrons. The molecule has 0 aromatic heterocycles. The van der Waals surface area contributed by atoms with Crippen LogP contribution in [0.3, 0.4) is 0 Å². The minimum Gasteiger partial charge on any atom is -0.344 e. The van der Waals surface area contributed by atoms with Gasteiger partial charge in [-0.1, -0.05) is 58.6 Å². The predicted octanol–water partition coefficient (Wildman–Crippen LogP) is 4.78. The number of aliphatic imine (C=N–C) groups is 1. The minimum atomic E-state index is -4.46. The van der Waals surface area contributed by atoms with E-state index < -0.39 is 54.6 Å². The first-order valence-electron chi connectivity index (χ1n) is 15.3. The van der Waals surface area contributed by atoms with E-state index in [1.54, 1.807) is 43.4 Å². The SMILES string of the molecule is C=C1N=C(/C=C/C=C/C=C2/N(CCCS(=O)(=O)O)c3ccc(S(=O)(=O)O)cc3C2(C)C)C(C)(C)/C1=C/C(=C\C)C(=O)ON1C(=O)CCC1=O. The summed E-state index contributed by atoms with van der Waals surface area (Å²) in [6, 6.07) is 4.23. The first kappa shape index (κ1) is 37.4. The van der Waals surface area contributed by atoms with E-state index in [4.69, 9.17) is 4.84 Å².